The number of hydrogen-bond acceptors (Lipinski definition) is 3. The second-order valence-corrected chi connectivity index (χ2v) is 2.85. The molecule has 0 aliphatic carbocycles. The Morgan fingerprint density at radius 2 is 2.13 bits per heavy atom. The molecule has 0 aliphatic rings. The molecule has 0 saturated carbocycles. The summed E-state index contributed by atoms with van der Waals surface area (Å²) in [5.41, 5.74) is 0. The largest absolute Gasteiger partial charge is 0.573 e. The van der Waals surface area contributed by atoms with Gasteiger partial charge in [0.2, 0.25) is 0 Å². The van der Waals surface area contributed by atoms with Crippen LogP contribution in [0.4, 0.5) is 19.0 Å². The highest BCUT2D eigenvalue weighted by Gasteiger charge is 2.31. The van der Waals surface area contributed by atoms with Crippen LogP contribution in [0.2, 0.25) is 0 Å². The van der Waals surface area contributed by atoms with E-state index in [2.05, 4.69) is 15.0 Å². The molecule has 0 radical (unpaired) electrons. The summed E-state index contributed by atoms with van der Waals surface area (Å²) in [6.07, 6.45) is -2.71. The van der Waals surface area contributed by atoms with Crippen molar-refractivity contribution in [1.82, 2.24) is 4.98 Å². The van der Waals surface area contributed by atoms with Crippen molar-refractivity contribution in [2.75, 3.05) is 11.9 Å². The van der Waals surface area contributed by atoms with Crippen molar-refractivity contribution in [2.45, 2.75) is 19.7 Å². The molecule has 0 unspecified atom stereocenters. The van der Waals surface area contributed by atoms with E-state index in [-0.39, 0.29) is 5.75 Å². The van der Waals surface area contributed by atoms with E-state index in [0.29, 0.717) is 5.82 Å². The lowest BCUT2D eigenvalue weighted by Crippen LogP contribution is -2.17. The van der Waals surface area contributed by atoms with Crippen LogP contribution < -0.4 is 10.1 Å². The first-order chi connectivity index (χ1) is 7.01. The van der Waals surface area contributed by atoms with Crippen molar-refractivity contribution in [3.63, 3.8) is 0 Å². The molecule has 84 valence electrons. The SMILES string of the molecule is CCCNc1ccc(OC(F)(F)F)cn1. The number of pyridine rings is 1. The van der Waals surface area contributed by atoms with Gasteiger partial charge >= 0.3 is 6.36 Å². The molecule has 0 aliphatic heterocycles. The van der Waals surface area contributed by atoms with Gasteiger partial charge in [-0.3, -0.25) is 0 Å². The Kier molecular flexibility index (Phi) is 3.76. The molecular weight excluding hydrogens is 209 g/mol. The molecule has 1 heterocycles. The summed E-state index contributed by atoms with van der Waals surface area (Å²) in [5, 5.41) is 2.94. The molecule has 1 aromatic rings. The number of halogens is 3. The maximum atomic E-state index is 11.8. The second-order valence-electron chi connectivity index (χ2n) is 2.85. The minimum atomic E-state index is -4.67. The van der Waals surface area contributed by atoms with Crippen LogP contribution in [0.15, 0.2) is 18.3 Å². The molecule has 1 rings (SSSR count). The average Bonchev–Trinajstić information content (AvgIpc) is 2.14. The average molecular weight is 220 g/mol. The van der Waals surface area contributed by atoms with E-state index in [1.807, 2.05) is 6.92 Å². The third-order valence-corrected chi connectivity index (χ3v) is 1.53. The maximum Gasteiger partial charge on any atom is 0.573 e. The van der Waals surface area contributed by atoms with E-state index in [4.69, 9.17) is 0 Å². The highest BCUT2D eigenvalue weighted by atomic mass is 19.4. The molecule has 1 N–H and O–H groups in total. The summed E-state index contributed by atoms with van der Waals surface area (Å²) in [5.74, 6) is 0.218. The Labute approximate surface area is 85.3 Å². The fourth-order valence-corrected chi connectivity index (χ4v) is 0.932. The Hall–Kier alpha value is -1.46. The predicted molar refractivity (Wildman–Crippen MR) is 49.7 cm³/mol. The van der Waals surface area contributed by atoms with E-state index in [1.165, 1.54) is 12.1 Å². The van der Waals surface area contributed by atoms with Crippen molar-refractivity contribution >= 4 is 5.82 Å². The fourth-order valence-electron chi connectivity index (χ4n) is 0.932. The van der Waals surface area contributed by atoms with Gasteiger partial charge in [-0.05, 0) is 18.6 Å². The van der Waals surface area contributed by atoms with Gasteiger partial charge in [0.05, 0.1) is 6.20 Å². The molecule has 0 atom stereocenters. The van der Waals surface area contributed by atoms with Gasteiger partial charge in [-0.15, -0.1) is 13.2 Å². The van der Waals surface area contributed by atoms with Crippen LogP contribution in [0.1, 0.15) is 13.3 Å². The van der Waals surface area contributed by atoms with Gasteiger partial charge in [-0.1, -0.05) is 6.92 Å². The van der Waals surface area contributed by atoms with Gasteiger partial charge in [0.1, 0.15) is 11.6 Å². The lowest BCUT2D eigenvalue weighted by Gasteiger charge is -2.09. The Morgan fingerprint density at radius 1 is 1.40 bits per heavy atom. The van der Waals surface area contributed by atoms with Gasteiger partial charge in [-0.2, -0.15) is 0 Å². The number of anilines is 1. The number of rotatable bonds is 4. The summed E-state index contributed by atoms with van der Waals surface area (Å²) in [7, 11) is 0. The van der Waals surface area contributed by atoms with Crippen LogP contribution in [-0.2, 0) is 0 Å². The van der Waals surface area contributed by atoms with Gasteiger partial charge in [0.15, 0.2) is 0 Å². The summed E-state index contributed by atoms with van der Waals surface area (Å²) in [6.45, 7) is 2.71. The van der Waals surface area contributed by atoms with Crippen molar-refractivity contribution in [2.24, 2.45) is 0 Å². The number of ether oxygens (including phenoxy) is 1. The molecule has 1 aromatic heterocycles. The minimum Gasteiger partial charge on any atom is -0.404 e. The van der Waals surface area contributed by atoms with Gasteiger partial charge in [0, 0.05) is 6.54 Å². The first-order valence-electron chi connectivity index (χ1n) is 4.47. The van der Waals surface area contributed by atoms with Crippen LogP contribution in [0.5, 0.6) is 5.75 Å². The zero-order valence-corrected chi connectivity index (χ0v) is 8.14. The molecule has 0 fully saturated rings. The molecule has 6 heteroatoms. The quantitative estimate of drug-likeness (QED) is 0.847. The number of nitrogens with zero attached hydrogens (tertiary/aromatic N) is 1. The van der Waals surface area contributed by atoms with Gasteiger partial charge in [0.25, 0.3) is 0 Å². The van der Waals surface area contributed by atoms with Gasteiger partial charge < -0.3 is 10.1 Å². The zero-order valence-electron chi connectivity index (χ0n) is 8.14. The minimum absolute atomic E-state index is 0.315. The first-order valence-corrected chi connectivity index (χ1v) is 4.47. The van der Waals surface area contributed by atoms with Crippen molar-refractivity contribution in [3.05, 3.63) is 18.3 Å². The number of nitrogens with one attached hydrogen (secondary N) is 1. The van der Waals surface area contributed by atoms with Crippen LogP contribution in [-0.4, -0.2) is 17.9 Å². The van der Waals surface area contributed by atoms with Crippen molar-refractivity contribution in [1.29, 1.82) is 0 Å². The van der Waals surface area contributed by atoms with Crippen molar-refractivity contribution < 1.29 is 17.9 Å². The molecule has 0 amide bonds. The molecule has 3 nitrogen and oxygen atoms in total. The topological polar surface area (TPSA) is 34.1 Å². The summed E-state index contributed by atoms with van der Waals surface area (Å²) in [6, 6.07) is 2.66. The van der Waals surface area contributed by atoms with Crippen LogP contribution in [0, 0.1) is 0 Å². The molecule has 0 saturated heterocycles. The van der Waals surface area contributed by atoms with Crippen molar-refractivity contribution in [3.8, 4) is 5.75 Å². The third-order valence-electron chi connectivity index (χ3n) is 1.53. The first kappa shape index (κ1) is 11.6. The number of alkyl halides is 3. The van der Waals surface area contributed by atoms with Gasteiger partial charge in [-0.25, -0.2) is 4.98 Å². The number of aromatic nitrogens is 1. The highest BCUT2D eigenvalue weighted by Crippen LogP contribution is 2.22. The van der Waals surface area contributed by atoms with Crippen LogP contribution in [0.25, 0.3) is 0 Å². The highest BCUT2D eigenvalue weighted by molar-refractivity contribution is 5.37. The van der Waals surface area contributed by atoms with E-state index in [1.54, 1.807) is 0 Å². The molecular formula is C9H11F3N2O. The van der Waals surface area contributed by atoms with E-state index < -0.39 is 6.36 Å². The summed E-state index contributed by atoms with van der Waals surface area (Å²) >= 11 is 0. The standard InChI is InChI=1S/C9H11F3N2O/c1-2-5-13-8-4-3-7(6-14-8)15-9(10,11)12/h3-4,6H,2,5H2,1H3,(H,13,14). The molecule has 0 bridgehead atoms. The normalized spacial score (nSPS) is 11.2. The number of hydrogen-bond donors (Lipinski definition) is 1. The maximum absolute atomic E-state index is 11.8. The van der Waals surface area contributed by atoms with Crippen LogP contribution in [0.3, 0.4) is 0 Å². The monoisotopic (exact) mass is 220 g/mol. The molecule has 0 aromatic carbocycles. The lowest BCUT2D eigenvalue weighted by atomic mass is 10.4. The Bertz CT molecular complexity index is 297. The van der Waals surface area contributed by atoms with E-state index in [0.717, 1.165) is 19.2 Å². The lowest BCUT2D eigenvalue weighted by molar-refractivity contribution is -0.274. The molecule has 15 heavy (non-hydrogen) atoms. The Morgan fingerprint density at radius 3 is 2.60 bits per heavy atom. The summed E-state index contributed by atoms with van der Waals surface area (Å²) < 4.78 is 39.0. The third kappa shape index (κ3) is 4.53. The predicted octanol–water partition coefficient (Wildman–Crippen LogP) is 2.80. The molecule has 0 spiro atoms. The Balaban J connectivity index is 2.56. The second kappa shape index (κ2) is 4.86. The summed E-state index contributed by atoms with van der Waals surface area (Å²) in [4.78, 5) is 3.76. The van der Waals surface area contributed by atoms with Crippen LogP contribution >= 0.6 is 0 Å². The van der Waals surface area contributed by atoms with E-state index in [9.17, 15) is 13.2 Å². The fraction of sp³-hybridized carbons (Fsp3) is 0.444. The zero-order chi connectivity index (χ0) is 11.3. The van der Waals surface area contributed by atoms with E-state index >= 15 is 0 Å². The smallest absolute Gasteiger partial charge is 0.404 e.